The summed E-state index contributed by atoms with van der Waals surface area (Å²) in [6, 6.07) is 3.88. The molecule has 1 amide bonds. The van der Waals surface area contributed by atoms with Gasteiger partial charge in [0.25, 0.3) is 5.24 Å². The molecule has 0 saturated heterocycles. The Labute approximate surface area is 170 Å². The van der Waals surface area contributed by atoms with Crippen molar-refractivity contribution in [3.63, 3.8) is 0 Å². The van der Waals surface area contributed by atoms with Crippen LogP contribution in [0.15, 0.2) is 18.2 Å². The zero-order valence-electron chi connectivity index (χ0n) is 15.7. The smallest absolute Gasteiger partial charge is 0.279 e. The van der Waals surface area contributed by atoms with E-state index in [2.05, 4.69) is 5.32 Å². The topological polar surface area (TPSA) is 149 Å². The molecule has 29 heavy (non-hydrogen) atoms. The fraction of sp³-hybridized carbons (Fsp3) is 0.316. The van der Waals surface area contributed by atoms with Crippen LogP contribution in [0.25, 0.3) is 0 Å². The highest BCUT2D eigenvalue weighted by molar-refractivity contribution is 8.12. The number of carbonyl (C=O) groups is 1. The molecule has 6 N–H and O–H groups in total. The van der Waals surface area contributed by atoms with Gasteiger partial charge < -0.3 is 40.3 Å². The summed E-state index contributed by atoms with van der Waals surface area (Å²) in [5, 5.41) is 53.5. The first kappa shape index (κ1) is 20.7. The zero-order valence-corrected chi connectivity index (χ0v) is 16.5. The monoisotopic (exact) mass is 423 g/mol. The Hall–Kier alpha value is -2.98. The number of amides is 1. The van der Waals surface area contributed by atoms with Gasteiger partial charge in [-0.2, -0.15) is 0 Å². The molecule has 0 radical (unpaired) electrons. The third-order valence-electron chi connectivity index (χ3n) is 4.66. The number of aliphatic hydroxyl groups excluding tert-OH is 1. The second kappa shape index (κ2) is 8.18. The van der Waals surface area contributed by atoms with Gasteiger partial charge in [-0.25, -0.2) is 0 Å². The minimum atomic E-state index is -1.11. The van der Waals surface area contributed by atoms with Crippen molar-refractivity contribution in [2.75, 3.05) is 13.4 Å². The van der Waals surface area contributed by atoms with Crippen LogP contribution in [0.3, 0.4) is 0 Å². The molecule has 10 heteroatoms. The fourth-order valence-corrected chi connectivity index (χ4v) is 3.46. The number of hydrogen-bond donors (Lipinski definition) is 6. The van der Waals surface area contributed by atoms with Crippen molar-refractivity contribution in [2.24, 2.45) is 0 Å². The number of ether oxygens (including phenoxy) is 2. The van der Waals surface area contributed by atoms with E-state index >= 15 is 0 Å². The van der Waals surface area contributed by atoms with E-state index in [1.54, 1.807) is 6.26 Å². The van der Waals surface area contributed by atoms with Crippen molar-refractivity contribution in [2.45, 2.75) is 25.2 Å². The highest BCUT2D eigenvalue weighted by Crippen LogP contribution is 2.46. The van der Waals surface area contributed by atoms with E-state index in [0.717, 1.165) is 11.8 Å². The maximum atomic E-state index is 11.4. The lowest BCUT2D eigenvalue weighted by Gasteiger charge is -2.32. The highest BCUT2D eigenvalue weighted by Gasteiger charge is 2.34. The van der Waals surface area contributed by atoms with Gasteiger partial charge in [0, 0.05) is 23.6 Å². The summed E-state index contributed by atoms with van der Waals surface area (Å²) in [7, 11) is 1.29. The average molecular weight is 423 g/mol. The first-order chi connectivity index (χ1) is 13.8. The molecule has 1 aliphatic rings. The quantitative estimate of drug-likeness (QED) is 0.435. The van der Waals surface area contributed by atoms with Crippen LogP contribution in [0.2, 0.25) is 0 Å². The number of methoxy groups -OCH3 is 1. The van der Waals surface area contributed by atoms with E-state index in [9.17, 15) is 30.3 Å². The molecule has 2 atom stereocenters. The Balaban J connectivity index is 1.93. The molecule has 0 saturated carbocycles. The number of hydrogen-bond acceptors (Lipinski definition) is 9. The zero-order chi connectivity index (χ0) is 21.3. The van der Waals surface area contributed by atoms with Crippen molar-refractivity contribution in [3.8, 4) is 34.5 Å². The average Bonchev–Trinajstić information content (AvgIpc) is 2.67. The Bertz CT molecular complexity index is 925. The van der Waals surface area contributed by atoms with Crippen LogP contribution in [0.4, 0.5) is 4.79 Å². The normalized spacial score (nSPS) is 17.9. The minimum Gasteiger partial charge on any atom is -0.507 e. The molecule has 0 fully saturated rings. The molecular weight excluding hydrogens is 402 g/mol. The summed E-state index contributed by atoms with van der Waals surface area (Å²) in [5.41, 5.74) is 0.677. The maximum Gasteiger partial charge on any atom is 0.279 e. The SMILES string of the molecule is COc1c(O)cc([C@H]2Oc3cc(O)c(CNC(=O)SC)c(O)c3C[C@@H]2O)cc1O. The summed E-state index contributed by atoms with van der Waals surface area (Å²) in [4.78, 5) is 11.4. The van der Waals surface area contributed by atoms with Gasteiger partial charge in [-0.15, -0.1) is 0 Å². The number of aromatic hydroxyl groups is 4. The number of nitrogens with one attached hydrogen (secondary N) is 1. The summed E-state index contributed by atoms with van der Waals surface area (Å²) in [6.07, 6.45) is -0.491. The summed E-state index contributed by atoms with van der Waals surface area (Å²) < 4.78 is 10.6. The van der Waals surface area contributed by atoms with Crippen molar-refractivity contribution in [1.82, 2.24) is 5.32 Å². The van der Waals surface area contributed by atoms with Gasteiger partial charge in [-0.3, -0.25) is 4.79 Å². The molecule has 1 heterocycles. The second-order valence-corrected chi connectivity index (χ2v) is 7.23. The summed E-state index contributed by atoms with van der Waals surface area (Å²) in [5.74, 6) is -1.17. The molecule has 1 aliphatic heterocycles. The third-order valence-corrected chi connectivity index (χ3v) is 5.18. The van der Waals surface area contributed by atoms with Gasteiger partial charge in [0.15, 0.2) is 17.6 Å². The number of rotatable bonds is 4. The maximum absolute atomic E-state index is 11.4. The molecule has 9 nitrogen and oxygen atoms in total. The Morgan fingerprint density at radius 2 is 1.86 bits per heavy atom. The fourth-order valence-electron chi connectivity index (χ4n) is 3.24. The Kier molecular flexibility index (Phi) is 5.85. The lowest BCUT2D eigenvalue weighted by atomic mass is 9.92. The standard InChI is InChI=1S/C19H21NO8S/c1-27-18-12(22)3-8(4-13(18)23)17-14(24)5-9-15(28-17)6-11(21)10(16(9)25)7-20-19(26)29-2/h3-4,6,14,17,21-25H,5,7H2,1-2H3,(H,20,26)/t14-,17+/m0/s1. The molecule has 2 aromatic carbocycles. The lowest BCUT2D eigenvalue weighted by molar-refractivity contribution is 0.0195. The Morgan fingerprint density at radius 1 is 1.21 bits per heavy atom. The van der Waals surface area contributed by atoms with Crippen LogP contribution >= 0.6 is 11.8 Å². The van der Waals surface area contributed by atoms with Crippen LogP contribution in [0, 0.1) is 0 Å². The van der Waals surface area contributed by atoms with E-state index in [-0.39, 0.29) is 69.4 Å². The third kappa shape index (κ3) is 3.94. The molecule has 0 unspecified atom stereocenters. The number of phenols is 4. The molecular formula is C19H21NO8S. The highest BCUT2D eigenvalue weighted by atomic mass is 32.2. The Morgan fingerprint density at radius 3 is 2.45 bits per heavy atom. The number of phenolic OH excluding ortho intramolecular Hbond substituents is 4. The van der Waals surface area contributed by atoms with Gasteiger partial charge in [-0.1, -0.05) is 11.8 Å². The van der Waals surface area contributed by atoms with Crippen LogP contribution in [0.5, 0.6) is 34.5 Å². The molecule has 0 bridgehead atoms. The van der Waals surface area contributed by atoms with Gasteiger partial charge in [0.05, 0.1) is 25.3 Å². The first-order valence-corrected chi connectivity index (χ1v) is 9.82. The van der Waals surface area contributed by atoms with Gasteiger partial charge >= 0.3 is 0 Å². The first-order valence-electron chi connectivity index (χ1n) is 8.59. The molecule has 156 valence electrons. The van der Waals surface area contributed by atoms with Gasteiger partial charge in [0.2, 0.25) is 5.75 Å². The lowest BCUT2D eigenvalue weighted by Crippen LogP contribution is -2.30. The summed E-state index contributed by atoms with van der Waals surface area (Å²) in [6.45, 7) is -0.0929. The number of thioether (sulfide) groups is 1. The largest absolute Gasteiger partial charge is 0.507 e. The second-order valence-electron chi connectivity index (χ2n) is 6.45. The van der Waals surface area contributed by atoms with E-state index in [1.165, 1.54) is 25.3 Å². The van der Waals surface area contributed by atoms with Crippen LogP contribution < -0.4 is 14.8 Å². The van der Waals surface area contributed by atoms with Crippen molar-refractivity contribution < 1.29 is 39.8 Å². The van der Waals surface area contributed by atoms with Gasteiger partial charge in [-0.05, 0) is 18.4 Å². The van der Waals surface area contributed by atoms with Crippen molar-refractivity contribution >= 4 is 17.0 Å². The predicted molar refractivity (Wildman–Crippen MR) is 105 cm³/mol. The molecule has 3 rings (SSSR count). The van der Waals surface area contributed by atoms with Crippen molar-refractivity contribution in [3.05, 3.63) is 34.9 Å². The molecule has 0 aliphatic carbocycles. The van der Waals surface area contributed by atoms with Crippen LogP contribution in [-0.2, 0) is 13.0 Å². The van der Waals surface area contributed by atoms with Crippen LogP contribution in [0.1, 0.15) is 22.8 Å². The van der Waals surface area contributed by atoms with Crippen molar-refractivity contribution in [1.29, 1.82) is 0 Å². The van der Waals surface area contributed by atoms with E-state index in [0.29, 0.717) is 0 Å². The van der Waals surface area contributed by atoms with E-state index in [4.69, 9.17) is 9.47 Å². The minimum absolute atomic E-state index is 0.0108. The number of aliphatic hydroxyl groups is 1. The number of benzene rings is 2. The predicted octanol–water partition coefficient (Wildman–Crippen LogP) is 2.13. The molecule has 0 aromatic heterocycles. The number of carbonyl (C=O) groups excluding carboxylic acids is 1. The van der Waals surface area contributed by atoms with Gasteiger partial charge in [0.1, 0.15) is 17.2 Å². The molecule has 2 aromatic rings. The van der Waals surface area contributed by atoms with E-state index in [1.807, 2.05) is 0 Å². The summed E-state index contributed by atoms with van der Waals surface area (Å²) >= 11 is 0.960. The van der Waals surface area contributed by atoms with E-state index < -0.39 is 12.2 Å². The van der Waals surface area contributed by atoms with Crippen LogP contribution in [-0.4, -0.2) is 50.2 Å². The molecule has 0 spiro atoms. The number of fused-ring (bicyclic) bond motifs is 1.